The molecule has 1 aromatic carbocycles. The molecule has 1 saturated carbocycles. The molecule has 1 aromatic rings. The van der Waals surface area contributed by atoms with Crippen molar-refractivity contribution >= 4 is 35.8 Å². The Bertz CT molecular complexity index is 679. The van der Waals surface area contributed by atoms with E-state index in [4.69, 9.17) is 9.47 Å². The monoisotopic (exact) mass is 546 g/mol. The third-order valence-corrected chi connectivity index (χ3v) is 5.16. The van der Waals surface area contributed by atoms with Crippen LogP contribution < -0.4 is 25.4 Å². The predicted octanol–water partition coefficient (Wildman–Crippen LogP) is 3.65. The molecule has 1 aliphatic carbocycles. The summed E-state index contributed by atoms with van der Waals surface area (Å²) >= 11 is 0. The minimum atomic E-state index is 0. The first-order valence-electron chi connectivity index (χ1n) is 11.3. The van der Waals surface area contributed by atoms with Gasteiger partial charge in [-0.15, -0.1) is 24.0 Å². The Hall–Kier alpha value is -1.71. The van der Waals surface area contributed by atoms with Crippen molar-refractivity contribution in [2.45, 2.75) is 64.8 Å². The largest absolute Gasteiger partial charge is 0.493 e. The highest BCUT2D eigenvalue weighted by Gasteiger charge is 2.15. The Morgan fingerprint density at radius 2 is 1.90 bits per heavy atom. The normalized spacial score (nSPS) is 14.4. The van der Waals surface area contributed by atoms with E-state index in [1.54, 1.807) is 7.11 Å². The highest BCUT2D eigenvalue weighted by atomic mass is 127. The SMILES string of the molecule is CCNC(=NCC(=O)NC1CCCCC1)NCCCc1ccc(OC)c(OCC)c1.I. The Morgan fingerprint density at radius 1 is 1.13 bits per heavy atom. The van der Waals surface area contributed by atoms with Crippen LogP contribution in [0.3, 0.4) is 0 Å². The zero-order valence-electron chi connectivity index (χ0n) is 19.2. The minimum absolute atomic E-state index is 0. The van der Waals surface area contributed by atoms with Gasteiger partial charge in [0.25, 0.3) is 0 Å². The second-order valence-electron chi connectivity index (χ2n) is 7.55. The van der Waals surface area contributed by atoms with Crippen LogP contribution in [-0.4, -0.2) is 51.3 Å². The van der Waals surface area contributed by atoms with Gasteiger partial charge in [0.15, 0.2) is 17.5 Å². The topological polar surface area (TPSA) is 84.0 Å². The van der Waals surface area contributed by atoms with E-state index in [0.29, 0.717) is 18.6 Å². The molecule has 1 amide bonds. The van der Waals surface area contributed by atoms with Crippen LogP contribution in [0.1, 0.15) is 57.9 Å². The summed E-state index contributed by atoms with van der Waals surface area (Å²) in [5.41, 5.74) is 1.20. The van der Waals surface area contributed by atoms with Crippen molar-refractivity contribution in [3.63, 3.8) is 0 Å². The lowest BCUT2D eigenvalue weighted by Gasteiger charge is -2.22. The molecule has 0 aromatic heterocycles. The van der Waals surface area contributed by atoms with Gasteiger partial charge in [-0.25, -0.2) is 4.99 Å². The average Bonchev–Trinajstić information content (AvgIpc) is 2.76. The van der Waals surface area contributed by atoms with Gasteiger partial charge in [-0.1, -0.05) is 25.3 Å². The first-order valence-corrected chi connectivity index (χ1v) is 11.3. The van der Waals surface area contributed by atoms with E-state index >= 15 is 0 Å². The van der Waals surface area contributed by atoms with Crippen molar-refractivity contribution in [3.05, 3.63) is 23.8 Å². The van der Waals surface area contributed by atoms with Crippen molar-refractivity contribution in [3.8, 4) is 11.5 Å². The third kappa shape index (κ3) is 10.4. The summed E-state index contributed by atoms with van der Waals surface area (Å²) in [7, 11) is 1.65. The Balaban J connectivity index is 0.00000480. The number of rotatable bonds is 11. The Morgan fingerprint density at radius 3 is 2.58 bits per heavy atom. The number of benzene rings is 1. The lowest BCUT2D eigenvalue weighted by atomic mass is 9.95. The summed E-state index contributed by atoms with van der Waals surface area (Å²) in [6, 6.07) is 6.38. The number of aryl methyl sites for hydroxylation is 1. The molecule has 0 bridgehead atoms. The molecule has 0 spiro atoms. The van der Waals surface area contributed by atoms with Crippen molar-refractivity contribution in [1.29, 1.82) is 0 Å². The zero-order valence-corrected chi connectivity index (χ0v) is 21.5. The van der Waals surface area contributed by atoms with Crippen LogP contribution in [-0.2, 0) is 11.2 Å². The van der Waals surface area contributed by atoms with Crippen LogP contribution in [0.2, 0.25) is 0 Å². The molecule has 7 nitrogen and oxygen atoms in total. The van der Waals surface area contributed by atoms with Crippen LogP contribution in [0.15, 0.2) is 23.2 Å². The predicted molar refractivity (Wildman–Crippen MR) is 137 cm³/mol. The fourth-order valence-corrected chi connectivity index (χ4v) is 3.66. The molecule has 3 N–H and O–H groups in total. The standard InChI is InChI=1S/C23H38N4O3.HI/c1-4-24-23(26-17-22(28)27-19-11-7-6-8-12-19)25-15-9-10-18-13-14-20(29-3)21(16-18)30-5-2;/h13-14,16,19H,4-12,15,17H2,1-3H3,(H,27,28)(H2,24,25,26);1H. The molecule has 1 fully saturated rings. The van der Waals surface area contributed by atoms with Crippen molar-refractivity contribution in [1.82, 2.24) is 16.0 Å². The van der Waals surface area contributed by atoms with Gasteiger partial charge in [-0.05, 0) is 57.2 Å². The minimum Gasteiger partial charge on any atom is -0.493 e. The first kappa shape index (κ1) is 27.3. The zero-order chi connectivity index (χ0) is 21.6. The molecule has 0 saturated heterocycles. The van der Waals surface area contributed by atoms with Gasteiger partial charge in [0.1, 0.15) is 6.54 Å². The highest BCUT2D eigenvalue weighted by molar-refractivity contribution is 14.0. The van der Waals surface area contributed by atoms with Gasteiger partial charge in [0.2, 0.25) is 5.91 Å². The van der Waals surface area contributed by atoms with E-state index in [2.05, 4.69) is 27.0 Å². The molecule has 0 atom stereocenters. The van der Waals surface area contributed by atoms with Crippen molar-refractivity contribution in [2.24, 2.45) is 4.99 Å². The third-order valence-electron chi connectivity index (χ3n) is 5.16. The summed E-state index contributed by atoms with van der Waals surface area (Å²) < 4.78 is 11.0. The van der Waals surface area contributed by atoms with E-state index in [0.717, 1.165) is 50.3 Å². The molecule has 1 aliphatic rings. The molecule has 0 aliphatic heterocycles. The van der Waals surface area contributed by atoms with Gasteiger partial charge < -0.3 is 25.4 Å². The van der Waals surface area contributed by atoms with Crippen LogP contribution in [0, 0.1) is 0 Å². The first-order chi connectivity index (χ1) is 14.7. The smallest absolute Gasteiger partial charge is 0.242 e. The summed E-state index contributed by atoms with van der Waals surface area (Å²) in [6.07, 6.45) is 7.73. The van der Waals surface area contributed by atoms with E-state index in [-0.39, 0.29) is 36.4 Å². The summed E-state index contributed by atoms with van der Waals surface area (Å²) in [4.78, 5) is 16.6. The maximum atomic E-state index is 12.2. The number of nitrogens with zero attached hydrogens (tertiary/aromatic N) is 1. The summed E-state index contributed by atoms with van der Waals surface area (Å²) in [5.74, 6) is 2.22. The van der Waals surface area contributed by atoms with Crippen LogP contribution in [0.25, 0.3) is 0 Å². The van der Waals surface area contributed by atoms with Gasteiger partial charge in [-0.2, -0.15) is 0 Å². The van der Waals surface area contributed by atoms with Gasteiger partial charge in [0, 0.05) is 19.1 Å². The lowest BCUT2D eigenvalue weighted by molar-refractivity contribution is -0.120. The number of aliphatic imine (C=N–C) groups is 1. The molecule has 0 unspecified atom stereocenters. The van der Waals surface area contributed by atoms with E-state index < -0.39 is 0 Å². The fourth-order valence-electron chi connectivity index (χ4n) is 3.66. The second kappa shape index (κ2) is 16.0. The summed E-state index contributed by atoms with van der Waals surface area (Å²) in [5, 5.41) is 9.63. The number of amides is 1. The van der Waals surface area contributed by atoms with Crippen LogP contribution >= 0.6 is 24.0 Å². The van der Waals surface area contributed by atoms with Crippen molar-refractivity contribution < 1.29 is 14.3 Å². The number of ether oxygens (including phenoxy) is 2. The Labute approximate surface area is 204 Å². The van der Waals surface area contributed by atoms with Crippen molar-refractivity contribution in [2.75, 3.05) is 33.4 Å². The van der Waals surface area contributed by atoms with E-state index in [9.17, 15) is 4.79 Å². The number of guanidine groups is 1. The molecule has 2 rings (SSSR count). The number of hydrogen-bond donors (Lipinski definition) is 3. The number of methoxy groups -OCH3 is 1. The van der Waals surface area contributed by atoms with E-state index in [1.165, 1.54) is 24.8 Å². The highest BCUT2D eigenvalue weighted by Crippen LogP contribution is 2.28. The maximum Gasteiger partial charge on any atom is 0.242 e. The maximum absolute atomic E-state index is 12.2. The molecule has 0 radical (unpaired) electrons. The summed E-state index contributed by atoms with van der Waals surface area (Å²) in [6.45, 7) is 6.28. The van der Waals surface area contributed by atoms with E-state index in [1.807, 2.05) is 26.0 Å². The number of nitrogens with one attached hydrogen (secondary N) is 3. The Kier molecular flexibility index (Phi) is 14.1. The van der Waals surface area contributed by atoms with Crippen LogP contribution in [0.5, 0.6) is 11.5 Å². The molecule has 31 heavy (non-hydrogen) atoms. The number of carbonyl (C=O) groups excluding carboxylic acids is 1. The number of hydrogen-bond acceptors (Lipinski definition) is 4. The van der Waals surface area contributed by atoms with Gasteiger partial charge in [0.05, 0.1) is 13.7 Å². The average molecular weight is 546 g/mol. The van der Waals surface area contributed by atoms with Gasteiger partial charge in [-0.3, -0.25) is 4.79 Å². The second-order valence-corrected chi connectivity index (χ2v) is 7.55. The lowest BCUT2D eigenvalue weighted by Crippen LogP contribution is -2.41. The molecular formula is C23H39IN4O3. The quantitative estimate of drug-likeness (QED) is 0.171. The van der Waals surface area contributed by atoms with Crippen LogP contribution in [0.4, 0.5) is 0 Å². The fraction of sp³-hybridized carbons (Fsp3) is 0.652. The molecule has 0 heterocycles. The molecule has 8 heteroatoms. The number of carbonyl (C=O) groups is 1. The van der Waals surface area contributed by atoms with Gasteiger partial charge >= 0.3 is 0 Å². The molecule has 176 valence electrons. The number of halogens is 1. The molecular weight excluding hydrogens is 507 g/mol.